The minimum absolute atomic E-state index is 1.15. The highest BCUT2D eigenvalue weighted by molar-refractivity contribution is 5.42. The Morgan fingerprint density at radius 1 is 0.346 bits per heavy atom. The molecule has 0 heteroatoms. The molecule has 9 rings (SSSR count). The molecular formula is C26H26. The number of aryl methyl sites for hydroxylation is 8. The van der Waals surface area contributed by atoms with E-state index in [9.17, 15) is 0 Å². The van der Waals surface area contributed by atoms with Crippen LogP contribution in [0, 0.1) is 0 Å². The molecule has 0 atom stereocenters. The maximum Gasteiger partial charge on any atom is -0.0235 e. The molecule has 8 bridgehead atoms. The smallest absolute Gasteiger partial charge is 0.0235 e. The van der Waals surface area contributed by atoms with E-state index in [2.05, 4.69) is 60.7 Å². The SMILES string of the molecule is c1cc2cc(c1)CCc1cc3c(cc1CCc1ccc(cc1)CC3)CC2. The molecular weight excluding hydrogens is 312 g/mol. The molecule has 6 aliphatic rings. The maximum atomic E-state index is 2.56. The van der Waals surface area contributed by atoms with Crippen molar-refractivity contribution in [2.45, 2.75) is 51.4 Å². The highest BCUT2D eigenvalue weighted by Crippen LogP contribution is 2.26. The minimum Gasteiger partial charge on any atom is -0.0617 e. The van der Waals surface area contributed by atoms with Crippen molar-refractivity contribution in [3.63, 3.8) is 0 Å². The highest BCUT2D eigenvalue weighted by Gasteiger charge is 2.14. The van der Waals surface area contributed by atoms with E-state index >= 15 is 0 Å². The van der Waals surface area contributed by atoms with E-state index in [1.54, 1.807) is 22.3 Å². The van der Waals surface area contributed by atoms with Crippen molar-refractivity contribution in [2.24, 2.45) is 0 Å². The molecule has 0 saturated heterocycles. The van der Waals surface area contributed by atoms with E-state index in [0.717, 1.165) is 25.7 Å². The van der Waals surface area contributed by atoms with Crippen molar-refractivity contribution in [3.8, 4) is 0 Å². The maximum absolute atomic E-state index is 2.56. The number of fused-ring (bicyclic) bond motifs is 2. The molecule has 3 aromatic carbocycles. The van der Waals surface area contributed by atoms with E-state index in [-0.39, 0.29) is 0 Å². The number of rotatable bonds is 0. The molecule has 0 fully saturated rings. The molecule has 0 amide bonds. The predicted octanol–water partition coefficient (Wildman–Crippen LogP) is 5.45. The van der Waals surface area contributed by atoms with Crippen LogP contribution in [0.5, 0.6) is 0 Å². The van der Waals surface area contributed by atoms with Gasteiger partial charge in [-0.1, -0.05) is 60.7 Å². The number of hydrogen-bond donors (Lipinski definition) is 0. The largest absolute Gasteiger partial charge is 0.0617 e. The Kier molecular flexibility index (Phi) is 4.13. The lowest BCUT2D eigenvalue weighted by Crippen LogP contribution is -2.07. The van der Waals surface area contributed by atoms with Gasteiger partial charge in [-0.05, 0) is 95.9 Å². The topological polar surface area (TPSA) is 0 Å². The molecule has 0 aliphatic heterocycles. The molecule has 0 N–H and O–H groups in total. The summed E-state index contributed by atoms with van der Waals surface area (Å²) in [5, 5.41) is 0. The lowest BCUT2D eigenvalue weighted by atomic mass is 9.87. The van der Waals surface area contributed by atoms with E-state index in [4.69, 9.17) is 0 Å². The monoisotopic (exact) mass is 338 g/mol. The van der Waals surface area contributed by atoms with Gasteiger partial charge in [0.25, 0.3) is 0 Å². The quantitative estimate of drug-likeness (QED) is 0.511. The Morgan fingerprint density at radius 2 is 0.731 bits per heavy atom. The van der Waals surface area contributed by atoms with Gasteiger partial charge in [0.05, 0.1) is 0 Å². The van der Waals surface area contributed by atoms with Gasteiger partial charge < -0.3 is 0 Å². The van der Waals surface area contributed by atoms with Crippen LogP contribution in [0.25, 0.3) is 0 Å². The Morgan fingerprint density at radius 3 is 1.15 bits per heavy atom. The average molecular weight is 338 g/mol. The molecule has 0 spiro atoms. The lowest BCUT2D eigenvalue weighted by Gasteiger charge is -2.18. The fourth-order valence-electron chi connectivity index (χ4n) is 4.65. The number of benzene rings is 3. The Labute approximate surface area is 156 Å². The van der Waals surface area contributed by atoms with Crippen LogP contribution >= 0.6 is 0 Å². The summed E-state index contributed by atoms with van der Waals surface area (Å²) in [5.74, 6) is 0. The fourth-order valence-corrected chi connectivity index (χ4v) is 4.65. The summed E-state index contributed by atoms with van der Waals surface area (Å²) in [7, 11) is 0. The Hall–Kier alpha value is -2.34. The van der Waals surface area contributed by atoms with E-state index in [1.165, 1.54) is 47.9 Å². The molecule has 0 heterocycles. The third-order valence-electron chi connectivity index (χ3n) is 6.27. The summed E-state index contributed by atoms with van der Waals surface area (Å²) in [5.41, 5.74) is 12.3. The summed E-state index contributed by atoms with van der Waals surface area (Å²) in [6, 6.07) is 23.7. The minimum atomic E-state index is 1.15. The molecule has 130 valence electrons. The van der Waals surface area contributed by atoms with Crippen LogP contribution in [0.1, 0.15) is 44.5 Å². The third kappa shape index (κ3) is 3.21. The second kappa shape index (κ2) is 6.76. The predicted molar refractivity (Wildman–Crippen MR) is 109 cm³/mol. The van der Waals surface area contributed by atoms with Crippen molar-refractivity contribution >= 4 is 0 Å². The molecule has 0 radical (unpaired) electrons. The molecule has 26 heavy (non-hydrogen) atoms. The normalized spacial score (nSPS) is 16.0. The van der Waals surface area contributed by atoms with Gasteiger partial charge in [0.1, 0.15) is 0 Å². The van der Waals surface area contributed by atoms with E-state index < -0.39 is 0 Å². The average Bonchev–Trinajstić information content (AvgIpc) is 2.70. The van der Waals surface area contributed by atoms with Crippen LogP contribution in [0.2, 0.25) is 0 Å². The van der Waals surface area contributed by atoms with Crippen LogP contribution in [0.4, 0.5) is 0 Å². The zero-order valence-electron chi connectivity index (χ0n) is 15.4. The van der Waals surface area contributed by atoms with Crippen molar-refractivity contribution < 1.29 is 0 Å². The van der Waals surface area contributed by atoms with Gasteiger partial charge >= 0.3 is 0 Å². The van der Waals surface area contributed by atoms with Gasteiger partial charge in [-0.3, -0.25) is 0 Å². The van der Waals surface area contributed by atoms with Crippen LogP contribution in [-0.4, -0.2) is 0 Å². The molecule has 0 nitrogen and oxygen atoms in total. The van der Waals surface area contributed by atoms with Crippen molar-refractivity contribution in [2.75, 3.05) is 0 Å². The molecule has 6 aliphatic carbocycles. The third-order valence-corrected chi connectivity index (χ3v) is 6.27. The molecule has 0 saturated carbocycles. The van der Waals surface area contributed by atoms with Crippen molar-refractivity contribution in [1.29, 1.82) is 0 Å². The molecule has 0 unspecified atom stereocenters. The molecule has 0 aromatic heterocycles. The zero-order valence-corrected chi connectivity index (χ0v) is 15.4. The first-order chi connectivity index (χ1) is 12.8. The summed E-state index contributed by atoms with van der Waals surface area (Å²) < 4.78 is 0. The zero-order chi connectivity index (χ0) is 17.3. The van der Waals surface area contributed by atoms with Crippen LogP contribution in [-0.2, 0) is 51.4 Å². The first-order valence-corrected chi connectivity index (χ1v) is 10.1. The standard InChI is InChI=1S/C26H26/c1-2-21-10-14-25-17-24-13-9-20-6-4-19(5-7-20)8-12-23(25)18-26(24)15-11-22(3-1)16-21/h1-7,16-18H,8-15H2. The fraction of sp³-hybridized carbons (Fsp3) is 0.308. The summed E-state index contributed by atoms with van der Waals surface area (Å²) in [6.07, 6.45) is 9.30. The van der Waals surface area contributed by atoms with Gasteiger partial charge in [-0.2, -0.15) is 0 Å². The summed E-state index contributed by atoms with van der Waals surface area (Å²) in [4.78, 5) is 0. The Balaban J connectivity index is 1.58. The van der Waals surface area contributed by atoms with Crippen LogP contribution in [0.15, 0.2) is 60.7 Å². The first kappa shape index (κ1) is 15.9. The lowest BCUT2D eigenvalue weighted by molar-refractivity contribution is 0.854. The van der Waals surface area contributed by atoms with Gasteiger partial charge in [-0.15, -0.1) is 0 Å². The van der Waals surface area contributed by atoms with Crippen LogP contribution in [0.3, 0.4) is 0 Å². The van der Waals surface area contributed by atoms with Gasteiger partial charge in [0, 0.05) is 0 Å². The molecule has 3 aromatic rings. The van der Waals surface area contributed by atoms with Gasteiger partial charge in [-0.25, -0.2) is 0 Å². The van der Waals surface area contributed by atoms with E-state index in [0.29, 0.717) is 0 Å². The first-order valence-electron chi connectivity index (χ1n) is 10.1. The van der Waals surface area contributed by atoms with E-state index in [1.807, 2.05) is 0 Å². The second-order valence-electron chi connectivity index (χ2n) is 8.03. The van der Waals surface area contributed by atoms with Gasteiger partial charge in [0.2, 0.25) is 0 Å². The summed E-state index contributed by atoms with van der Waals surface area (Å²) >= 11 is 0. The van der Waals surface area contributed by atoms with Crippen LogP contribution < -0.4 is 0 Å². The highest BCUT2D eigenvalue weighted by atomic mass is 14.2. The second-order valence-corrected chi connectivity index (χ2v) is 8.03. The van der Waals surface area contributed by atoms with Gasteiger partial charge in [0.15, 0.2) is 0 Å². The summed E-state index contributed by atoms with van der Waals surface area (Å²) in [6.45, 7) is 0. The van der Waals surface area contributed by atoms with Crippen molar-refractivity contribution in [1.82, 2.24) is 0 Å². The Bertz CT molecular complexity index is 846. The number of hydrogen-bond acceptors (Lipinski definition) is 0. The van der Waals surface area contributed by atoms with Crippen molar-refractivity contribution in [3.05, 3.63) is 105 Å².